The van der Waals surface area contributed by atoms with Crippen molar-refractivity contribution in [2.45, 2.75) is 55.6 Å². The lowest BCUT2D eigenvalue weighted by molar-refractivity contribution is 0.185. The van der Waals surface area contributed by atoms with Crippen molar-refractivity contribution in [3.63, 3.8) is 0 Å². The summed E-state index contributed by atoms with van der Waals surface area (Å²) in [5.74, 6) is 1.06. The van der Waals surface area contributed by atoms with Gasteiger partial charge in [0.2, 0.25) is 0 Å². The van der Waals surface area contributed by atoms with Crippen LogP contribution in [0, 0.1) is 5.92 Å². The zero-order valence-corrected chi connectivity index (χ0v) is 13.9. The Morgan fingerprint density at radius 1 is 1.13 bits per heavy atom. The minimum atomic E-state index is -3.60. The van der Waals surface area contributed by atoms with Gasteiger partial charge in [-0.2, -0.15) is 8.42 Å². The van der Waals surface area contributed by atoms with Gasteiger partial charge >= 0.3 is 0 Å². The Balaban J connectivity index is 1.71. The van der Waals surface area contributed by atoms with E-state index in [9.17, 15) is 13.5 Å². The van der Waals surface area contributed by atoms with Crippen molar-refractivity contribution in [2.75, 3.05) is 6.54 Å². The number of nitrogens with zero attached hydrogens (tertiary/aromatic N) is 2. The summed E-state index contributed by atoms with van der Waals surface area (Å²) in [5.41, 5.74) is 0.683. The van der Waals surface area contributed by atoms with E-state index < -0.39 is 16.1 Å². The molecule has 0 aromatic heterocycles. The molecule has 1 saturated carbocycles. The van der Waals surface area contributed by atoms with E-state index in [1.165, 1.54) is 19.3 Å². The summed E-state index contributed by atoms with van der Waals surface area (Å²) in [6.45, 7) is 0.476. The van der Waals surface area contributed by atoms with Crippen LogP contribution < -0.4 is 0 Å². The Morgan fingerprint density at radius 3 is 2.65 bits per heavy atom. The fraction of sp³-hybridized carbons (Fsp3) is 0.588. The quantitative estimate of drug-likeness (QED) is 0.854. The maximum atomic E-state index is 12.3. The summed E-state index contributed by atoms with van der Waals surface area (Å²) in [7, 11) is -3.60. The lowest BCUT2D eigenvalue weighted by Crippen LogP contribution is -2.40. The van der Waals surface area contributed by atoms with Crippen molar-refractivity contribution >= 4 is 15.9 Å². The van der Waals surface area contributed by atoms with E-state index in [0.717, 1.165) is 12.8 Å². The van der Waals surface area contributed by atoms with Gasteiger partial charge in [0.1, 0.15) is 4.90 Å². The van der Waals surface area contributed by atoms with Gasteiger partial charge in [-0.15, -0.1) is 4.40 Å². The van der Waals surface area contributed by atoms with E-state index >= 15 is 0 Å². The lowest BCUT2D eigenvalue weighted by atomic mass is 9.82. The molecule has 0 amide bonds. The van der Waals surface area contributed by atoms with Gasteiger partial charge in [-0.3, -0.25) is 0 Å². The zero-order chi connectivity index (χ0) is 16.0. The van der Waals surface area contributed by atoms with Crippen molar-refractivity contribution in [1.29, 1.82) is 0 Å². The molecule has 0 spiro atoms. The molecule has 23 heavy (non-hydrogen) atoms. The number of amidine groups is 1. The Bertz CT molecular complexity index is 738. The van der Waals surface area contributed by atoms with Crippen LogP contribution in [0.3, 0.4) is 0 Å². The molecule has 1 aromatic rings. The summed E-state index contributed by atoms with van der Waals surface area (Å²) in [6.07, 6.45) is 6.37. The number of fused-ring (bicyclic) bond motifs is 1. The molecule has 2 atom stereocenters. The predicted molar refractivity (Wildman–Crippen MR) is 87.9 cm³/mol. The summed E-state index contributed by atoms with van der Waals surface area (Å²) < 4.78 is 28.7. The lowest BCUT2D eigenvalue weighted by Gasteiger charge is -2.34. The number of aliphatic hydroxyl groups excluding tert-OH is 1. The highest BCUT2D eigenvalue weighted by Gasteiger charge is 2.42. The SMILES string of the molecule is O=S1(=O)N=C(N2C[C@H](O)C[C@H]2C2CCCCC2)c2ccccc21. The average Bonchev–Trinajstić information content (AvgIpc) is 3.07. The monoisotopic (exact) mass is 334 g/mol. The summed E-state index contributed by atoms with van der Waals surface area (Å²) in [6, 6.07) is 7.21. The van der Waals surface area contributed by atoms with Gasteiger partial charge in [0.05, 0.1) is 6.10 Å². The van der Waals surface area contributed by atoms with Gasteiger partial charge in [-0.25, -0.2) is 0 Å². The second-order valence-corrected chi connectivity index (χ2v) is 8.47. The zero-order valence-electron chi connectivity index (χ0n) is 13.1. The Labute approximate surface area is 137 Å². The van der Waals surface area contributed by atoms with Crippen LogP contribution in [0.4, 0.5) is 0 Å². The fourth-order valence-electron chi connectivity index (χ4n) is 4.35. The molecule has 124 valence electrons. The predicted octanol–water partition coefficient (Wildman–Crippen LogP) is 2.15. The van der Waals surface area contributed by atoms with Crippen LogP contribution >= 0.6 is 0 Å². The number of sulfonamides is 1. The molecule has 2 fully saturated rings. The van der Waals surface area contributed by atoms with E-state index in [0.29, 0.717) is 35.2 Å². The first-order valence-electron chi connectivity index (χ1n) is 8.45. The third kappa shape index (κ3) is 2.58. The molecule has 0 radical (unpaired) electrons. The van der Waals surface area contributed by atoms with Gasteiger partial charge in [-0.05, 0) is 37.3 Å². The fourth-order valence-corrected chi connectivity index (χ4v) is 5.57. The van der Waals surface area contributed by atoms with Crippen molar-refractivity contribution in [1.82, 2.24) is 4.90 Å². The minimum Gasteiger partial charge on any atom is -0.391 e. The normalized spacial score (nSPS) is 30.3. The van der Waals surface area contributed by atoms with E-state index in [-0.39, 0.29) is 6.04 Å². The first kappa shape index (κ1) is 15.1. The third-order valence-electron chi connectivity index (χ3n) is 5.40. The number of hydrogen-bond acceptors (Lipinski definition) is 4. The third-order valence-corrected chi connectivity index (χ3v) is 6.73. The van der Waals surface area contributed by atoms with E-state index in [4.69, 9.17) is 0 Å². The van der Waals surface area contributed by atoms with Crippen molar-refractivity contribution in [3.05, 3.63) is 29.8 Å². The molecular weight excluding hydrogens is 312 g/mol. The van der Waals surface area contributed by atoms with Gasteiger partial charge in [0.25, 0.3) is 10.0 Å². The van der Waals surface area contributed by atoms with Crippen LogP contribution in [0.15, 0.2) is 33.6 Å². The van der Waals surface area contributed by atoms with Crippen LogP contribution in [0.1, 0.15) is 44.1 Å². The highest BCUT2D eigenvalue weighted by molar-refractivity contribution is 7.90. The maximum absolute atomic E-state index is 12.3. The van der Waals surface area contributed by atoms with Crippen molar-refractivity contribution in [3.8, 4) is 0 Å². The summed E-state index contributed by atoms with van der Waals surface area (Å²) in [5, 5.41) is 10.2. The molecule has 0 bridgehead atoms. The van der Waals surface area contributed by atoms with Crippen LogP contribution in [0.5, 0.6) is 0 Å². The molecule has 0 unspecified atom stereocenters. The Hall–Kier alpha value is -1.40. The molecule has 1 N–H and O–H groups in total. The van der Waals surface area contributed by atoms with Gasteiger partial charge in [-0.1, -0.05) is 31.4 Å². The topological polar surface area (TPSA) is 70.0 Å². The van der Waals surface area contributed by atoms with E-state index in [2.05, 4.69) is 9.30 Å². The molecule has 4 rings (SSSR count). The van der Waals surface area contributed by atoms with Crippen LogP contribution in [0.2, 0.25) is 0 Å². The molecule has 3 aliphatic rings. The molecule has 1 aromatic carbocycles. The van der Waals surface area contributed by atoms with E-state index in [1.54, 1.807) is 12.1 Å². The van der Waals surface area contributed by atoms with Crippen LogP contribution in [0.25, 0.3) is 0 Å². The summed E-state index contributed by atoms with van der Waals surface area (Å²) in [4.78, 5) is 2.35. The highest BCUT2D eigenvalue weighted by Crippen LogP contribution is 2.37. The number of benzene rings is 1. The second-order valence-electron chi connectivity index (χ2n) is 6.89. The Morgan fingerprint density at radius 2 is 1.87 bits per heavy atom. The van der Waals surface area contributed by atoms with Gasteiger partial charge in [0.15, 0.2) is 5.84 Å². The van der Waals surface area contributed by atoms with E-state index in [1.807, 2.05) is 12.1 Å². The molecule has 2 heterocycles. The minimum absolute atomic E-state index is 0.199. The highest BCUT2D eigenvalue weighted by atomic mass is 32.2. The molecule has 6 heteroatoms. The van der Waals surface area contributed by atoms with Crippen molar-refractivity contribution in [2.24, 2.45) is 10.3 Å². The number of aliphatic hydroxyl groups is 1. The molecular formula is C17H22N2O3S. The standard InChI is InChI=1S/C17H22N2O3S/c20-13-10-15(12-6-2-1-3-7-12)19(11-13)17-14-8-4-5-9-16(14)23(21,22)18-17/h4-5,8-9,12-13,15,20H,1-3,6-7,10-11H2/t13-,15+/m1/s1. The number of rotatable bonds is 1. The number of hydrogen-bond donors (Lipinski definition) is 1. The molecule has 5 nitrogen and oxygen atoms in total. The molecule has 1 aliphatic carbocycles. The Kier molecular flexibility index (Phi) is 3.69. The van der Waals surface area contributed by atoms with Gasteiger partial charge in [0, 0.05) is 18.2 Å². The number of likely N-dealkylation sites (tertiary alicyclic amines) is 1. The summed E-state index contributed by atoms with van der Waals surface area (Å²) >= 11 is 0. The first-order chi connectivity index (χ1) is 11.1. The molecule has 1 saturated heterocycles. The largest absolute Gasteiger partial charge is 0.391 e. The van der Waals surface area contributed by atoms with Crippen LogP contribution in [-0.2, 0) is 10.0 Å². The molecule has 2 aliphatic heterocycles. The van der Waals surface area contributed by atoms with Crippen LogP contribution in [-0.4, -0.2) is 43.0 Å². The van der Waals surface area contributed by atoms with Crippen molar-refractivity contribution < 1.29 is 13.5 Å². The average molecular weight is 334 g/mol. The maximum Gasteiger partial charge on any atom is 0.285 e. The smallest absolute Gasteiger partial charge is 0.285 e. The number of β-amino-alcohol motifs (C(OH)–C–C–N with tert-alkyl or cyclic N) is 1. The van der Waals surface area contributed by atoms with Gasteiger partial charge < -0.3 is 10.0 Å². The second kappa shape index (κ2) is 5.60. The first-order valence-corrected chi connectivity index (χ1v) is 9.89.